The van der Waals surface area contributed by atoms with Crippen molar-refractivity contribution in [1.82, 2.24) is 0 Å². The van der Waals surface area contributed by atoms with Crippen LogP contribution in [0.2, 0.25) is 0 Å². The fourth-order valence-corrected chi connectivity index (χ4v) is 0.569. The van der Waals surface area contributed by atoms with Crippen LogP contribution in [0.25, 0.3) is 0 Å². The summed E-state index contributed by atoms with van der Waals surface area (Å²) < 4.78 is 4.43. The summed E-state index contributed by atoms with van der Waals surface area (Å²) in [5.74, 6) is -0.183. The highest BCUT2D eigenvalue weighted by atomic mass is 32.1. The Bertz CT molecular complexity index is 93.1. The van der Waals surface area contributed by atoms with Gasteiger partial charge in [-0.05, 0) is 6.42 Å². The lowest BCUT2D eigenvalue weighted by atomic mass is 10.2. The molecule has 0 radical (unpaired) electrons. The number of rotatable bonds is 3. The maximum absolute atomic E-state index is 10.5. The van der Waals surface area contributed by atoms with Crippen LogP contribution in [-0.2, 0) is 9.53 Å². The summed E-state index contributed by atoms with van der Waals surface area (Å²) >= 11 is 4.12. The third-order valence-corrected chi connectivity index (χ3v) is 1.65. The smallest absolute Gasteiger partial charge is 0.306 e. The second kappa shape index (κ2) is 4.68. The van der Waals surface area contributed by atoms with Crippen molar-refractivity contribution in [3.05, 3.63) is 0 Å². The molecular formula is C6H12O2S. The summed E-state index contributed by atoms with van der Waals surface area (Å²) in [6, 6.07) is 0. The van der Waals surface area contributed by atoms with E-state index < -0.39 is 0 Å². The third-order valence-electron chi connectivity index (χ3n) is 1.10. The fourth-order valence-electron chi connectivity index (χ4n) is 0.420. The lowest BCUT2D eigenvalue weighted by molar-refractivity contribution is -0.140. The van der Waals surface area contributed by atoms with E-state index >= 15 is 0 Å². The monoisotopic (exact) mass is 148 g/mol. The lowest BCUT2D eigenvalue weighted by Crippen LogP contribution is -2.08. The summed E-state index contributed by atoms with van der Waals surface area (Å²) in [5.41, 5.74) is 0. The Labute approximate surface area is 61.0 Å². The molecule has 54 valence electrons. The van der Waals surface area contributed by atoms with E-state index in [1.54, 1.807) is 0 Å². The number of carbonyl (C=O) groups is 1. The Balaban J connectivity index is 3.34. The SMILES string of the molecule is CCC(S)CC(=O)OC. The first kappa shape index (κ1) is 8.82. The van der Waals surface area contributed by atoms with Gasteiger partial charge in [0.25, 0.3) is 0 Å². The van der Waals surface area contributed by atoms with Gasteiger partial charge < -0.3 is 4.74 Å². The van der Waals surface area contributed by atoms with Gasteiger partial charge in [-0.3, -0.25) is 4.79 Å². The van der Waals surface area contributed by atoms with Crippen molar-refractivity contribution >= 4 is 18.6 Å². The number of ether oxygens (including phenoxy) is 1. The Morgan fingerprint density at radius 2 is 2.33 bits per heavy atom. The van der Waals surface area contributed by atoms with Crippen molar-refractivity contribution in [3.63, 3.8) is 0 Å². The van der Waals surface area contributed by atoms with Gasteiger partial charge >= 0.3 is 5.97 Å². The molecule has 0 heterocycles. The summed E-state index contributed by atoms with van der Waals surface area (Å²) in [6.07, 6.45) is 1.31. The van der Waals surface area contributed by atoms with Crippen LogP contribution < -0.4 is 0 Å². The molecule has 0 rings (SSSR count). The predicted octanol–water partition coefficient (Wildman–Crippen LogP) is 1.26. The van der Waals surface area contributed by atoms with E-state index in [0.717, 1.165) is 6.42 Å². The molecule has 0 saturated carbocycles. The first-order valence-corrected chi connectivity index (χ1v) is 3.47. The second-order valence-corrected chi connectivity index (χ2v) is 2.57. The number of thiol groups is 1. The molecule has 0 saturated heterocycles. The summed E-state index contributed by atoms with van der Waals surface area (Å²) in [5, 5.41) is 0.150. The minimum atomic E-state index is -0.183. The van der Waals surface area contributed by atoms with Gasteiger partial charge in [0.2, 0.25) is 0 Å². The molecule has 1 atom stereocenters. The fraction of sp³-hybridized carbons (Fsp3) is 0.833. The van der Waals surface area contributed by atoms with Crippen molar-refractivity contribution in [2.24, 2.45) is 0 Å². The molecule has 0 aliphatic rings. The van der Waals surface area contributed by atoms with Crippen molar-refractivity contribution in [2.75, 3.05) is 7.11 Å². The van der Waals surface area contributed by atoms with E-state index in [4.69, 9.17) is 0 Å². The van der Waals surface area contributed by atoms with Gasteiger partial charge in [-0.25, -0.2) is 0 Å². The molecule has 9 heavy (non-hydrogen) atoms. The van der Waals surface area contributed by atoms with Gasteiger partial charge in [0.05, 0.1) is 13.5 Å². The Hall–Kier alpha value is -0.180. The van der Waals surface area contributed by atoms with Gasteiger partial charge in [-0.1, -0.05) is 6.92 Å². The summed E-state index contributed by atoms with van der Waals surface area (Å²) in [6.45, 7) is 1.99. The van der Waals surface area contributed by atoms with E-state index in [2.05, 4.69) is 17.4 Å². The quantitative estimate of drug-likeness (QED) is 0.481. The highest BCUT2D eigenvalue weighted by Gasteiger charge is 2.06. The maximum atomic E-state index is 10.5. The molecular weight excluding hydrogens is 136 g/mol. The van der Waals surface area contributed by atoms with Gasteiger partial charge in [0.1, 0.15) is 0 Å². The standard InChI is InChI=1S/C6H12O2S/c1-3-5(9)4-6(7)8-2/h5,9H,3-4H2,1-2H3. The molecule has 0 bridgehead atoms. The third kappa shape index (κ3) is 4.33. The zero-order chi connectivity index (χ0) is 7.28. The summed E-state index contributed by atoms with van der Waals surface area (Å²) in [4.78, 5) is 10.5. The first-order chi connectivity index (χ1) is 4.20. The topological polar surface area (TPSA) is 26.3 Å². The van der Waals surface area contributed by atoms with Crippen LogP contribution in [0, 0.1) is 0 Å². The van der Waals surface area contributed by atoms with E-state index in [0.29, 0.717) is 6.42 Å². The highest BCUT2D eigenvalue weighted by molar-refractivity contribution is 7.81. The average molecular weight is 148 g/mol. The van der Waals surface area contributed by atoms with E-state index in [-0.39, 0.29) is 11.2 Å². The molecule has 0 fully saturated rings. The first-order valence-electron chi connectivity index (χ1n) is 2.95. The minimum absolute atomic E-state index is 0.150. The molecule has 0 aromatic heterocycles. The zero-order valence-electron chi connectivity index (χ0n) is 5.76. The van der Waals surface area contributed by atoms with Crippen LogP contribution in [0.5, 0.6) is 0 Å². The highest BCUT2D eigenvalue weighted by Crippen LogP contribution is 2.05. The lowest BCUT2D eigenvalue weighted by Gasteiger charge is -2.03. The minimum Gasteiger partial charge on any atom is -0.469 e. The molecule has 0 aromatic carbocycles. The van der Waals surface area contributed by atoms with E-state index in [1.165, 1.54) is 7.11 Å². The largest absolute Gasteiger partial charge is 0.469 e. The molecule has 0 spiro atoms. The number of carbonyl (C=O) groups excluding carboxylic acids is 1. The zero-order valence-corrected chi connectivity index (χ0v) is 6.65. The van der Waals surface area contributed by atoms with Crippen LogP contribution in [-0.4, -0.2) is 18.3 Å². The van der Waals surface area contributed by atoms with Crippen molar-refractivity contribution in [3.8, 4) is 0 Å². The van der Waals surface area contributed by atoms with Gasteiger partial charge in [-0.2, -0.15) is 12.6 Å². The average Bonchev–Trinajstić information content (AvgIpc) is 1.87. The van der Waals surface area contributed by atoms with Gasteiger partial charge in [0, 0.05) is 5.25 Å². The number of methoxy groups -OCH3 is 1. The molecule has 0 aliphatic carbocycles. The number of hydrogen-bond donors (Lipinski definition) is 1. The molecule has 1 unspecified atom stereocenters. The molecule has 2 nitrogen and oxygen atoms in total. The molecule has 0 amide bonds. The van der Waals surface area contributed by atoms with E-state index in [1.807, 2.05) is 6.92 Å². The Kier molecular flexibility index (Phi) is 4.58. The Morgan fingerprint density at radius 1 is 1.78 bits per heavy atom. The summed E-state index contributed by atoms with van der Waals surface area (Å²) in [7, 11) is 1.39. The van der Waals surface area contributed by atoms with Crippen LogP contribution in [0.4, 0.5) is 0 Å². The van der Waals surface area contributed by atoms with Crippen LogP contribution >= 0.6 is 12.6 Å². The molecule has 3 heteroatoms. The normalized spacial score (nSPS) is 12.8. The number of hydrogen-bond acceptors (Lipinski definition) is 3. The van der Waals surface area contributed by atoms with Crippen molar-refractivity contribution in [1.29, 1.82) is 0 Å². The predicted molar refractivity (Wildman–Crippen MR) is 39.7 cm³/mol. The van der Waals surface area contributed by atoms with Gasteiger partial charge in [0.15, 0.2) is 0 Å². The van der Waals surface area contributed by atoms with Gasteiger partial charge in [-0.15, -0.1) is 0 Å². The van der Waals surface area contributed by atoms with Crippen LogP contribution in [0.3, 0.4) is 0 Å². The van der Waals surface area contributed by atoms with E-state index in [9.17, 15) is 4.79 Å². The second-order valence-electron chi connectivity index (χ2n) is 1.84. The van der Waals surface area contributed by atoms with Crippen LogP contribution in [0.1, 0.15) is 19.8 Å². The Morgan fingerprint density at radius 3 is 2.67 bits per heavy atom. The molecule has 0 aromatic rings. The number of esters is 1. The van der Waals surface area contributed by atoms with Crippen molar-refractivity contribution < 1.29 is 9.53 Å². The van der Waals surface area contributed by atoms with Crippen LogP contribution in [0.15, 0.2) is 0 Å². The molecule has 0 aliphatic heterocycles. The van der Waals surface area contributed by atoms with Crippen molar-refractivity contribution in [2.45, 2.75) is 25.0 Å². The molecule has 0 N–H and O–H groups in total. The maximum Gasteiger partial charge on any atom is 0.306 e.